The number of rotatable bonds is 7. The Balaban J connectivity index is 2.66. The fourth-order valence-electron chi connectivity index (χ4n) is 1.55. The Morgan fingerprint density at radius 3 is 2.94 bits per heavy atom. The summed E-state index contributed by atoms with van der Waals surface area (Å²) in [5.41, 5.74) is 1.06. The topological polar surface area (TPSA) is 24.9 Å². The van der Waals surface area contributed by atoms with E-state index < -0.39 is 0 Å². The van der Waals surface area contributed by atoms with Crippen molar-refractivity contribution in [3.8, 4) is 0 Å². The molecule has 1 aromatic heterocycles. The molecule has 1 aromatic rings. The van der Waals surface area contributed by atoms with Crippen molar-refractivity contribution in [1.82, 2.24) is 10.3 Å². The fourth-order valence-corrected chi connectivity index (χ4v) is 1.66. The second-order valence-electron chi connectivity index (χ2n) is 3.77. The van der Waals surface area contributed by atoms with Gasteiger partial charge in [-0.25, -0.2) is 0 Å². The monoisotopic (exact) mass is 238 g/mol. The Kier molecular flexibility index (Phi) is 6.12. The van der Waals surface area contributed by atoms with Gasteiger partial charge in [0.2, 0.25) is 0 Å². The van der Waals surface area contributed by atoms with Gasteiger partial charge in [-0.05, 0) is 37.9 Å². The average Bonchev–Trinajstić information content (AvgIpc) is 2.31. The van der Waals surface area contributed by atoms with Crippen molar-refractivity contribution < 1.29 is 0 Å². The minimum absolute atomic E-state index is 0.301. The summed E-state index contributed by atoms with van der Waals surface area (Å²) in [4.78, 5) is 4.36. The third-order valence-electron chi connectivity index (χ3n) is 2.41. The molecule has 0 fully saturated rings. The lowest BCUT2D eigenvalue weighted by molar-refractivity contribution is 0.492. The molecule has 16 heavy (non-hydrogen) atoms. The van der Waals surface area contributed by atoms with Crippen LogP contribution in [0.15, 0.2) is 31.0 Å². The molecule has 1 heterocycles. The Hall–Kier alpha value is -0.860. The van der Waals surface area contributed by atoms with Gasteiger partial charge in [0, 0.05) is 12.2 Å². The van der Waals surface area contributed by atoms with Gasteiger partial charge in [-0.1, -0.05) is 24.6 Å². The average molecular weight is 239 g/mol. The molecular formula is C13H19ClN2. The lowest BCUT2D eigenvalue weighted by Gasteiger charge is -2.17. The van der Waals surface area contributed by atoms with E-state index in [9.17, 15) is 0 Å². The highest BCUT2D eigenvalue weighted by Gasteiger charge is 2.10. The molecule has 2 nitrogen and oxygen atoms in total. The van der Waals surface area contributed by atoms with E-state index in [-0.39, 0.29) is 0 Å². The molecule has 0 radical (unpaired) electrons. The molecule has 1 unspecified atom stereocenters. The fraction of sp³-hybridized carbons (Fsp3) is 0.462. The summed E-state index contributed by atoms with van der Waals surface area (Å²) >= 11 is 5.83. The van der Waals surface area contributed by atoms with Crippen molar-refractivity contribution in [2.75, 3.05) is 6.54 Å². The van der Waals surface area contributed by atoms with Gasteiger partial charge in [0.25, 0.3) is 0 Å². The number of nitrogens with one attached hydrogen (secondary N) is 1. The number of pyridine rings is 1. The summed E-state index contributed by atoms with van der Waals surface area (Å²) in [6.45, 7) is 6.92. The van der Waals surface area contributed by atoms with E-state index in [1.54, 1.807) is 6.20 Å². The summed E-state index contributed by atoms with van der Waals surface area (Å²) in [5.74, 6) is 0. The first-order chi connectivity index (χ1) is 7.77. The minimum atomic E-state index is 0.301. The lowest BCUT2D eigenvalue weighted by atomic mass is 10.1. The van der Waals surface area contributed by atoms with Crippen molar-refractivity contribution in [2.45, 2.75) is 32.2 Å². The van der Waals surface area contributed by atoms with Gasteiger partial charge in [-0.15, -0.1) is 6.58 Å². The predicted molar refractivity (Wildman–Crippen MR) is 69.7 cm³/mol. The molecule has 0 aliphatic carbocycles. The van der Waals surface area contributed by atoms with E-state index in [2.05, 4.69) is 23.8 Å². The summed E-state index contributed by atoms with van der Waals surface area (Å²) in [6, 6.07) is 4.17. The highest BCUT2D eigenvalue weighted by Crippen LogP contribution is 2.18. The summed E-state index contributed by atoms with van der Waals surface area (Å²) < 4.78 is 0. The Morgan fingerprint density at radius 1 is 1.56 bits per heavy atom. The van der Waals surface area contributed by atoms with Crippen LogP contribution in [0, 0.1) is 0 Å². The van der Waals surface area contributed by atoms with E-state index >= 15 is 0 Å². The van der Waals surface area contributed by atoms with Gasteiger partial charge in [0.15, 0.2) is 0 Å². The summed E-state index contributed by atoms with van der Waals surface area (Å²) in [7, 11) is 0. The van der Waals surface area contributed by atoms with Crippen molar-refractivity contribution in [1.29, 1.82) is 0 Å². The van der Waals surface area contributed by atoms with Gasteiger partial charge < -0.3 is 5.32 Å². The second kappa shape index (κ2) is 7.42. The molecule has 0 saturated carbocycles. The molecule has 0 spiro atoms. The standard InChI is InChI=1S/C13H19ClN2/c1-3-5-6-12(15-9-4-2)13-8-7-11(14)10-16-13/h3,7-8,10,12,15H,1,4-6,9H2,2H3. The first kappa shape index (κ1) is 13.2. The van der Waals surface area contributed by atoms with Gasteiger partial charge in [-0.3, -0.25) is 4.98 Å². The summed E-state index contributed by atoms with van der Waals surface area (Å²) in [5, 5.41) is 4.17. The maximum Gasteiger partial charge on any atom is 0.0589 e. The molecule has 0 bridgehead atoms. The van der Waals surface area contributed by atoms with Gasteiger partial charge in [0.1, 0.15) is 0 Å². The number of aromatic nitrogens is 1. The van der Waals surface area contributed by atoms with E-state index in [0.717, 1.165) is 31.5 Å². The zero-order valence-corrected chi connectivity index (χ0v) is 10.5. The number of allylic oxidation sites excluding steroid dienone is 1. The second-order valence-corrected chi connectivity index (χ2v) is 4.21. The SMILES string of the molecule is C=CCCC(NCCC)c1ccc(Cl)cn1. The molecule has 1 rings (SSSR count). The number of halogens is 1. The van der Waals surface area contributed by atoms with Crippen molar-refractivity contribution in [3.63, 3.8) is 0 Å². The van der Waals surface area contributed by atoms with Crippen molar-refractivity contribution in [3.05, 3.63) is 41.7 Å². The third-order valence-corrected chi connectivity index (χ3v) is 2.63. The highest BCUT2D eigenvalue weighted by atomic mass is 35.5. The molecule has 0 aliphatic rings. The molecule has 3 heteroatoms. The first-order valence-electron chi connectivity index (χ1n) is 5.73. The molecule has 0 amide bonds. The zero-order valence-electron chi connectivity index (χ0n) is 9.75. The van der Waals surface area contributed by atoms with Crippen LogP contribution in [0.25, 0.3) is 0 Å². The number of hydrogen-bond acceptors (Lipinski definition) is 2. The molecule has 1 atom stereocenters. The molecule has 1 N–H and O–H groups in total. The van der Waals surface area contributed by atoms with Crippen LogP contribution in [-0.2, 0) is 0 Å². The molecule has 0 aliphatic heterocycles. The molecule has 0 aromatic carbocycles. The number of nitrogens with zero attached hydrogens (tertiary/aromatic N) is 1. The molecular weight excluding hydrogens is 220 g/mol. The van der Waals surface area contributed by atoms with E-state index in [1.807, 2.05) is 18.2 Å². The minimum Gasteiger partial charge on any atom is -0.309 e. The van der Waals surface area contributed by atoms with Crippen LogP contribution in [0.2, 0.25) is 5.02 Å². The van der Waals surface area contributed by atoms with E-state index in [0.29, 0.717) is 11.1 Å². The Bertz CT molecular complexity index is 308. The van der Waals surface area contributed by atoms with Crippen LogP contribution < -0.4 is 5.32 Å². The number of hydrogen-bond donors (Lipinski definition) is 1. The van der Waals surface area contributed by atoms with Gasteiger partial charge >= 0.3 is 0 Å². The van der Waals surface area contributed by atoms with Crippen molar-refractivity contribution >= 4 is 11.6 Å². The van der Waals surface area contributed by atoms with Gasteiger partial charge in [0.05, 0.1) is 10.7 Å². The Morgan fingerprint density at radius 2 is 2.38 bits per heavy atom. The first-order valence-corrected chi connectivity index (χ1v) is 6.11. The van der Waals surface area contributed by atoms with Gasteiger partial charge in [-0.2, -0.15) is 0 Å². The van der Waals surface area contributed by atoms with Crippen LogP contribution in [0.5, 0.6) is 0 Å². The zero-order chi connectivity index (χ0) is 11.8. The predicted octanol–water partition coefficient (Wildman–Crippen LogP) is 3.74. The van der Waals surface area contributed by atoms with Crippen LogP contribution in [0.3, 0.4) is 0 Å². The van der Waals surface area contributed by atoms with Crippen LogP contribution in [-0.4, -0.2) is 11.5 Å². The quantitative estimate of drug-likeness (QED) is 0.732. The third kappa shape index (κ3) is 4.33. The van der Waals surface area contributed by atoms with Crippen LogP contribution in [0.1, 0.15) is 37.9 Å². The lowest BCUT2D eigenvalue weighted by Crippen LogP contribution is -2.22. The smallest absolute Gasteiger partial charge is 0.0589 e. The van der Waals surface area contributed by atoms with E-state index in [4.69, 9.17) is 11.6 Å². The largest absolute Gasteiger partial charge is 0.309 e. The Labute approximate surface area is 103 Å². The molecule has 88 valence electrons. The highest BCUT2D eigenvalue weighted by molar-refractivity contribution is 6.30. The normalized spacial score (nSPS) is 12.4. The summed E-state index contributed by atoms with van der Waals surface area (Å²) in [6.07, 6.45) is 6.78. The maximum absolute atomic E-state index is 5.83. The maximum atomic E-state index is 5.83. The van der Waals surface area contributed by atoms with E-state index in [1.165, 1.54) is 0 Å². The van der Waals surface area contributed by atoms with Crippen LogP contribution >= 0.6 is 11.6 Å². The van der Waals surface area contributed by atoms with Crippen molar-refractivity contribution in [2.24, 2.45) is 0 Å². The molecule has 0 saturated heterocycles. The van der Waals surface area contributed by atoms with Crippen LogP contribution in [0.4, 0.5) is 0 Å².